The molecule has 0 aliphatic rings. The van der Waals surface area contributed by atoms with E-state index in [-0.39, 0.29) is 0 Å². The fraction of sp³-hybridized carbons (Fsp3) is 0.364. The zero-order chi connectivity index (χ0) is 10.1. The van der Waals surface area contributed by atoms with E-state index in [4.69, 9.17) is 11.6 Å². The van der Waals surface area contributed by atoms with E-state index in [0.717, 1.165) is 17.0 Å². The van der Waals surface area contributed by atoms with Crippen molar-refractivity contribution in [1.82, 2.24) is 4.98 Å². The summed E-state index contributed by atoms with van der Waals surface area (Å²) in [6, 6.07) is 5.89. The molecule has 0 atom stereocenters. The van der Waals surface area contributed by atoms with Gasteiger partial charge in [-0.15, -0.1) is 11.3 Å². The number of benzene rings is 1. The van der Waals surface area contributed by atoms with Crippen molar-refractivity contribution >= 4 is 33.2 Å². The van der Waals surface area contributed by atoms with E-state index >= 15 is 0 Å². The zero-order valence-corrected chi connectivity index (χ0v) is 9.82. The number of fused-ring (bicyclic) bond motifs is 1. The minimum atomic E-state index is 0.658. The maximum Gasteiger partial charge on any atom is 0.0941 e. The summed E-state index contributed by atoms with van der Waals surface area (Å²) in [4.78, 5) is 4.55. The monoisotopic (exact) mass is 225 g/mol. The molecule has 14 heavy (non-hydrogen) atoms. The number of hydrogen-bond acceptors (Lipinski definition) is 2. The van der Waals surface area contributed by atoms with Crippen LogP contribution in [0.5, 0.6) is 0 Å². The first-order valence-electron chi connectivity index (χ1n) is 4.70. The third-order valence-electron chi connectivity index (χ3n) is 1.98. The Kier molecular flexibility index (Phi) is 2.75. The highest BCUT2D eigenvalue weighted by atomic mass is 35.5. The Morgan fingerprint density at radius 1 is 1.43 bits per heavy atom. The molecule has 0 N–H and O–H groups in total. The van der Waals surface area contributed by atoms with Gasteiger partial charge in [-0.3, -0.25) is 0 Å². The molecule has 1 aromatic carbocycles. The summed E-state index contributed by atoms with van der Waals surface area (Å²) < 4.78 is 1.23. The topological polar surface area (TPSA) is 12.9 Å². The third kappa shape index (κ3) is 2.07. The van der Waals surface area contributed by atoms with E-state index in [2.05, 4.69) is 18.8 Å². The van der Waals surface area contributed by atoms with Gasteiger partial charge in [0, 0.05) is 11.4 Å². The lowest BCUT2D eigenvalue weighted by Crippen LogP contribution is -1.91. The van der Waals surface area contributed by atoms with Crippen LogP contribution in [-0.4, -0.2) is 4.98 Å². The molecular formula is C11H12ClNS. The van der Waals surface area contributed by atoms with Gasteiger partial charge in [-0.25, -0.2) is 4.98 Å². The Balaban J connectivity index is 2.41. The van der Waals surface area contributed by atoms with E-state index in [1.165, 1.54) is 9.71 Å². The number of hydrogen-bond donors (Lipinski definition) is 0. The number of halogens is 1. The molecule has 0 bridgehead atoms. The van der Waals surface area contributed by atoms with Crippen LogP contribution in [0.2, 0.25) is 5.02 Å². The average Bonchev–Trinajstić information content (AvgIpc) is 2.44. The minimum absolute atomic E-state index is 0.658. The Bertz CT molecular complexity index is 447. The van der Waals surface area contributed by atoms with Gasteiger partial charge in [-0.1, -0.05) is 25.4 Å². The van der Waals surface area contributed by atoms with Crippen molar-refractivity contribution in [3.8, 4) is 0 Å². The summed E-state index contributed by atoms with van der Waals surface area (Å²) in [5.41, 5.74) is 1.03. The normalized spacial score (nSPS) is 11.4. The molecule has 0 fully saturated rings. The first-order chi connectivity index (χ1) is 6.65. The zero-order valence-electron chi connectivity index (χ0n) is 8.25. The summed E-state index contributed by atoms with van der Waals surface area (Å²) in [6.45, 7) is 4.41. The van der Waals surface area contributed by atoms with E-state index in [1.807, 2.05) is 18.2 Å². The van der Waals surface area contributed by atoms with Crippen LogP contribution in [-0.2, 0) is 6.42 Å². The Morgan fingerprint density at radius 3 is 2.93 bits per heavy atom. The van der Waals surface area contributed by atoms with Gasteiger partial charge in [0.15, 0.2) is 0 Å². The van der Waals surface area contributed by atoms with Crippen molar-refractivity contribution < 1.29 is 0 Å². The van der Waals surface area contributed by atoms with Gasteiger partial charge < -0.3 is 0 Å². The second kappa shape index (κ2) is 3.87. The van der Waals surface area contributed by atoms with E-state index < -0.39 is 0 Å². The predicted octanol–water partition coefficient (Wildman–Crippen LogP) is 4.15. The molecule has 3 heteroatoms. The molecule has 0 saturated carbocycles. The number of nitrogens with zero attached hydrogens (tertiary/aromatic N) is 1. The highest BCUT2D eigenvalue weighted by Crippen LogP contribution is 2.26. The lowest BCUT2D eigenvalue weighted by molar-refractivity contribution is 0.645. The van der Waals surface area contributed by atoms with Gasteiger partial charge in [0.05, 0.1) is 15.2 Å². The van der Waals surface area contributed by atoms with Crippen molar-refractivity contribution in [3.63, 3.8) is 0 Å². The van der Waals surface area contributed by atoms with Gasteiger partial charge in [0.1, 0.15) is 0 Å². The summed E-state index contributed by atoms with van der Waals surface area (Å²) in [6.07, 6.45) is 1.05. The summed E-state index contributed by atoms with van der Waals surface area (Å²) in [5, 5.41) is 1.97. The number of rotatable bonds is 2. The molecule has 0 saturated heterocycles. The van der Waals surface area contributed by atoms with Crippen molar-refractivity contribution in [3.05, 3.63) is 28.2 Å². The molecule has 0 aliphatic heterocycles. The van der Waals surface area contributed by atoms with Crippen LogP contribution in [0, 0.1) is 5.92 Å². The largest absolute Gasteiger partial charge is 0.241 e. The Hall–Kier alpha value is -0.600. The van der Waals surface area contributed by atoms with Crippen LogP contribution in [0.1, 0.15) is 18.9 Å². The van der Waals surface area contributed by atoms with E-state index in [9.17, 15) is 0 Å². The molecule has 1 nitrogen and oxygen atoms in total. The van der Waals surface area contributed by atoms with Gasteiger partial charge >= 0.3 is 0 Å². The predicted molar refractivity (Wildman–Crippen MR) is 63.2 cm³/mol. The number of aromatic nitrogens is 1. The van der Waals surface area contributed by atoms with Crippen LogP contribution in [0.3, 0.4) is 0 Å². The summed E-state index contributed by atoms with van der Waals surface area (Å²) >= 11 is 7.66. The fourth-order valence-corrected chi connectivity index (χ4v) is 2.71. The second-order valence-corrected chi connectivity index (χ2v) is 5.37. The van der Waals surface area contributed by atoms with Crippen molar-refractivity contribution in [2.45, 2.75) is 20.3 Å². The fourth-order valence-electron chi connectivity index (χ4n) is 1.38. The van der Waals surface area contributed by atoms with Crippen LogP contribution >= 0.6 is 22.9 Å². The third-order valence-corrected chi connectivity index (χ3v) is 3.27. The molecule has 0 aliphatic carbocycles. The SMILES string of the molecule is CC(C)Cc1nc2cc(Cl)ccc2s1. The van der Waals surface area contributed by atoms with Gasteiger partial charge in [-0.05, 0) is 24.1 Å². The maximum absolute atomic E-state index is 5.90. The molecule has 2 rings (SSSR count). The smallest absolute Gasteiger partial charge is 0.0941 e. The van der Waals surface area contributed by atoms with Gasteiger partial charge in [0.25, 0.3) is 0 Å². The first kappa shape index (κ1) is 9.94. The Labute approximate surface area is 92.7 Å². The lowest BCUT2D eigenvalue weighted by Gasteiger charge is -1.97. The molecule has 1 aromatic heterocycles. The summed E-state index contributed by atoms with van der Waals surface area (Å²) in [5.74, 6) is 0.658. The van der Waals surface area contributed by atoms with Crippen molar-refractivity contribution in [2.24, 2.45) is 5.92 Å². The lowest BCUT2D eigenvalue weighted by atomic mass is 10.1. The molecule has 2 aromatic rings. The second-order valence-electron chi connectivity index (χ2n) is 3.82. The van der Waals surface area contributed by atoms with Crippen LogP contribution in [0.4, 0.5) is 0 Å². The van der Waals surface area contributed by atoms with Crippen LogP contribution < -0.4 is 0 Å². The van der Waals surface area contributed by atoms with Crippen LogP contribution in [0.15, 0.2) is 18.2 Å². The highest BCUT2D eigenvalue weighted by molar-refractivity contribution is 7.18. The molecular weight excluding hydrogens is 214 g/mol. The highest BCUT2D eigenvalue weighted by Gasteiger charge is 2.05. The molecule has 0 amide bonds. The molecule has 0 radical (unpaired) electrons. The number of thiazole rings is 1. The van der Waals surface area contributed by atoms with E-state index in [1.54, 1.807) is 11.3 Å². The maximum atomic E-state index is 5.90. The molecule has 0 unspecified atom stereocenters. The van der Waals surface area contributed by atoms with Gasteiger partial charge in [0.2, 0.25) is 0 Å². The summed E-state index contributed by atoms with van der Waals surface area (Å²) in [7, 11) is 0. The van der Waals surface area contributed by atoms with Crippen LogP contribution in [0.25, 0.3) is 10.2 Å². The van der Waals surface area contributed by atoms with Gasteiger partial charge in [-0.2, -0.15) is 0 Å². The van der Waals surface area contributed by atoms with Crippen molar-refractivity contribution in [2.75, 3.05) is 0 Å². The quantitative estimate of drug-likeness (QED) is 0.749. The minimum Gasteiger partial charge on any atom is -0.241 e. The molecule has 74 valence electrons. The Morgan fingerprint density at radius 2 is 2.21 bits per heavy atom. The standard InChI is InChI=1S/C11H12ClNS/c1-7(2)5-11-13-9-6-8(12)3-4-10(9)14-11/h3-4,6-7H,5H2,1-2H3. The first-order valence-corrected chi connectivity index (χ1v) is 5.89. The molecule has 0 spiro atoms. The van der Waals surface area contributed by atoms with Crippen molar-refractivity contribution in [1.29, 1.82) is 0 Å². The van der Waals surface area contributed by atoms with E-state index in [0.29, 0.717) is 5.92 Å². The molecule has 1 heterocycles. The average molecular weight is 226 g/mol.